The third-order valence-corrected chi connectivity index (χ3v) is 3.27. The van der Waals surface area contributed by atoms with Crippen LogP contribution in [-0.2, 0) is 6.42 Å². The molecule has 0 aliphatic heterocycles. The molecule has 3 nitrogen and oxygen atoms in total. The van der Waals surface area contributed by atoms with E-state index in [-0.39, 0.29) is 11.9 Å². The summed E-state index contributed by atoms with van der Waals surface area (Å²) >= 11 is 0. The van der Waals surface area contributed by atoms with Gasteiger partial charge in [-0.25, -0.2) is 4.39 Å². The lowest BCUT2D eigenvalue weighted by Crippen LogP contribution is -2.18. The zero-order valence-corrected chi connectivity index (χ0v) is 12.5. The first-order chi connectivity index (χ1) is 10.1. The smallest absolute Gasteiger partial charge is 0.145 e. The van der Waals surface area contributed by atoms with E-state index in [0.717, 1.165) is 29.2 Å². The minimum Gasteiger partial charge on any atom is -0.497 e. The van der Waals surface area contributed by atoms with Gasteiger partial charge in [0.1, 0.15) is 17.3 Å². The molecule has 2 aromatic rings. The molecule has 0 heterocycles. The number of halogens is 1. The van der Waals surface area contributed by atoms with Gasteiger partial charge >= 0.3 is 0 Å². The lowest BCUT2D eigenvalue weighted by Gasteiger charge is -2.18. The number of benzene rings is 2. The molecule has 0 radical (unpaired) electrons. The summed E-state index contributed by atoms with van der Waals surface area (Å²) in [6.07, 6.45) is 0.801. The SMILES string of the molecule is COc1ccc(NC(C)Cc2ccc(F)cc2)c(OC)c1. The van der Waals surface area contributed by atoms with Gasteiger partial charge in [0.15, 0.2) is 0 Å². The molecule has 0 aliphatic carbocycles. The van der Waals surface area contributed by atoms with Crippen LogP contribution in [0, 0.1) is 5.82 Å². The lowest BCUT2D eigenvalue weighted by molar-refractivity contribution is 0.395. The van der Waals surface area contributed by atoms with E-state index in [9.17, 15) is 4.39 Å². The lowest BCUT2D eigenvalue weighted by atomic mass is 10.1. The van der Waals surface area contributed by atoms with Gasteiger partial charge in [0.2, 0.25) is 0 Å². The van der Waals surface area contributed by atoms with Crippen LogP contribution in [0.2, 0.25) is 0 Å². The summed E-state index contributed by atoms with van der Waals surface area (Å²) in [7, 11) is 3.25. The van der Waals surface area contributed by atoms with Gasteiger partial charge in [-0.05, 0) is 43.2 Å². The van der Waals surface area contributed by atoms with E-state index in [4.69, 9.17) is 9.47 Å². The van der Waals surface area contributed by atoms with Crippen LogP contribution in [0.1, 0.15) is 12.5 Å². The molecule has 2 aromatic carbocycles. The number of ether oxygens (including phenoxy) is 2. The average Bonchev–Trinajstić information content (AvgIpc) is 2.50. The zero-order valence-electron chi connectivity index (χ0n) is 12.5. The molecular weight excluding hydrogens is 269 g/mol. The normalized spacial score (nSPS) is 11.8. The van der Waals surface area contributed by atoms with Gasteiger partial charge in [0.05, 0.1) is 19.9 Å². The first-order valence-corrected chi connectivity index (χ1v) is 6.85. The largest absolute Gasteiger partial charge is 0.497 e. The predicted molar refractivity (Wildman–Crippen MR) is 82.7 cm³/mol. The minimum atomic E-state index is -0.212. The quantitative estimate of drug-likeness (QED) is 0.875. The van der Waals surface area contributed by atoms with E-state index < -0.39 is 0 Å². The molecule has 0 fully saturated rings. The molecule has 0 amide bonds. The summed E-state index contributed by atoms with van der Waals surface area (Å²) in [6.45, 7) is 2.08. The van der Waals surface area contributed by atoms with Crippen LogP contribution in [-0.4, -0.2) is 20.3 Å². The molecule has 0 saturated heterocycles. The van der Waals surface area contributed by atoms with Crippen molar-refractivity contribution < 1.29 is 13.9 Å². The van der Waals surface area contributed by atoms with Crippen LogP contribution in [0.5, 0.6) is 11.5 Å². The van der Waals surface area contributed by atoms with E-state index in [1.807, 2.05) is 18.2 Å². The fraction of sp³-hybridized carbons (Fsp3) is 0.294. The van der Waals surface area contributed by atoms with Gasteiger partial charge in [-0.2, -0.15) is 0 Å². The molecule has 21 heavy (non-hydrogen) atoms. The molecular formula is C17H20FNO2. The fourth-order valence-electron chi connectivity index (χ4n) is 2.21. The first kappa shape index (κ1) is 15.2. The molecule has 1 N–H and O–H groups in total. The van der Waals surface area contributed by atoms with Gasteiger partial charge in [0, 0.05) is 12.1 Å². The molecule has 0 aliphatic rings. The Labute approximate surface area is 124 Å². The van der Waals surface area contributed by atoms with Crippen molar-refractivity contribution in [1.82, 2.24) is 0 Å². The second-order valence-electron chi connectivity index (χ2n) is 4.94. The van der Waals surface area contributed by atoms with Crippen molar-refractivity contribution in [2.75, 3.05) is 19.5 Å². The Morgan fingerprint density at radius 1 is 1.05 bits per heavy atom. The molecule has 2 rings (SSSR count). The third kappa shape index (κ3) is 4.12. The fourth-order valence-corrected chi connectivity index (χ4v) is 2.21. The van der Waals surface area contributed by atoms with Gasteiger partial charge in [0.25, 0.3) is 0 Å². The molecule has 1 unspecified atom stereocenters. The van der Waals surface area contributed by atoms with Crippen molar-refractivity contribution >= 4 is 5.69 Å². The maximum absolute atomic E-state index is 12.9. The Morgan fingerprint density at radius 2 is 1.76 bits per heavy atom. The third-order valence-electron chi connectivity index (χ3n) is 3.27. The minimum absolute atomic E-state index is 0.192. The average molecular weight is 289 g/mol. The van der Waals surface area contributed by atoms with E-state index >= 15 is 0 Å². The maximum atomic E-state index is 12.9. The zero-order chi connectivity index (χ0) is 15.2. The number of methoxy groups -OCH3 is 2. The van der Waals surface area contributed by atoms with E-state index in [1.165, 1.54) is 12.1 Å². The van der Waals surface area contributed by atoms with E-state index in [1.54, 1.807) is 26.4 Å². The molecule has 4 heteroatoms. The molecule has 0 saturated carbocycles. The van der Waals surface area contributed by atoms with E-state index in [0.29, 0.717) is 0 Å². The highest BCUT2D eigenvalue weighted by atomic mass is 19.1. The van der Waals surface area contributed by atoms with Gasteiger partial charge in [-0.15, -0.1) is 0 Å². The molecule has 0 bridgehead atoms. The van der Waals surface area contributed by atoms with E-state index in [2.05, 4.69) is 12.2 Å². The monoisotopic (exact) mass is 289 g/mol. The highest BCUT2D eigenvalue weighted by Gasteiger charge is 2.09. The predicted octanol–water partition coefficient (Wildman–Crippen LogP) is 3.89. The molecule has 0 aromatic heterocycles. The van der Waals surface area contributed by atoms with Crippen LogP contribution in [0.3, 0.4) is 0 Å². The van der Waals surface area contributed by atoms with Gasteiger partial charge < -0.3 is 14.8 Å². The van der Waals surface area contributed by atoms with Crippen molar-refractivity contribution in [3.63, 3.8) is 0 Å². The molecule has 0 spiro atoms. The number of hydrogen-bond donors (Lipinski definition) is 1. The summed E-state index contributed by atoms with van der Waals surface area (Å²) in [4.78, 5) is 0. The Kier molecular flexibility index (Phi) is 5.04. The highest BCUT2D eigenvalue weighted by molar-refractivity contribution is 5.59. The van der Waals surface area contributed by atoms with Crippen LogP contribution in [0.25, 0.3) is 0 Å². The second kappa shape index (κ2) is 6.97. The van der Waals surface area contributed by atoms with Crippen LogP contribution in [0.15, 0.2) is 42.5 Å². The van der Waals surface area contributed by atoms with Gasteiger partial charge in [-0.1, -0.05) is 12.1 Å². The van der Waals surface area contributed by atoms with Crippen LogP contribution >= 0.6 is 0 Å². The van der Waals surface area contributed by atoms with Crippen molar-refractivity contribution in [2.24, 2.45) is 0 Å². The highest BCUT2D eigenvalue weighted by Crippen LogP contribution is 2.29. The summed E-state index contributed by atoms with van der Waals surface area (Å²) < 4.78 is 23.4. The van der Waals surface area contributed by atoms with Crippen molar-refractivity contribution in [3.05, 3.63) is 53.8 Å². The van der Waals surface area contributed by atoms with Crippen molar-refractivity contribution in [3.8, 4) is 11.5 Å². The number of hydrogen-bond acceptors (Lipinski definition) is 3. The maximum Gasteiger partial charge on any atom is 0.145 e. The standard InChI is InChI=1S/C17H20FNO2/c1-12(10-13-4-6-14(18)7-5-13)19-16-9-8-15(20-2)11-17(16)21-3/h4-9,11-12,19H,10H2,1-3H3. The van der Waals surface area contributed by atoms with Gasteiger partial charge in [-0.3, -0.25) is 0 Å². The Hall–Kier alpha value is -2.23. The number of nitrogens with one attached hydrogen (secondary N) is 1. The Bertz CT molecular complexity index is 584. The topological polar surface area (TPSA) is 30.5 Å². The second-order valence-corrected chi connectivity index (χ2v) is 4.94. The molecule has 112 valence electrons. The van der Waals surface area contributed by atoms with Crippen LogP contribution < -0.4 is 14.8 Å². The summed E-state index contributed by atoms with van der Waals surface area (Å²) in [5, 5.41) is 3.40. The Balaban J connectivity index is 2.05. The summed E-state index contributed by atoms with van der Waals surface area (Å²) in [5.74, 6) is 1.28. The van der Waals surface area contributed by atoms with Crippen LogP contribution in [0.4, 0.5) is 10.1 Å². The summed E-state index contributed by atoms with van der Waals surface area (Å²) in [5.41, 5.74) is 2.00. The number of anilines is 1. The summed E-state index contributed by atoms with van der Waals surface area (Å²) in [6, 6.07) is 12.4. The van der Waals surface area contributed by atoms with Crippen molar-refractivity contribution in [2.45, 2.75) is 19.4 Å². The molecule has 1 atom stereocenters. The van der Waals surface area contributed by atoms with Crippen molar-refractivity contribution in [1.29, 1.82) is 0 Å². The first-order valence-electron chi connectivity index (χ1n) is 6.85. The number of rotatable bonds is 6. The Morgan fingerprint density at radius 3 is 2.38 bits per heavy atom.